The first kappa shape index (κ1) is 20.9. The summed E-state index contributed by atoms with van der Waals surface area (Å²) in [6.45, 7) is 1.66. The third-order valence-corrected chi connectivity index (χ3v) is 5.32. The van der Waals surface area contributed by atoms with Crippen LogP contribution in [-0.4, -0.2) is 36.7 Å². The number of halogens is 1. The van der Waals surface area contributed by atoms with Gasteiger partial charge in [0.05, 0.1) is 5.92 Å². The molecule has 0 aliphatic carbocycles. The number of esters is 1. The van der Waals surface area contributed by atoms with Crippen molar-refractivity contribution in [2.75, 3.05) is 23.0 Å². The predicted octanol–water partition coefficient (Wildman–Crippen LogP) is 3.47. The van der Waals surface area contributed by atoms with Crippen molar-refractivity contribution in [2.24, 2.45) is 5.92 Å². The molecule has 2 amide bonds. The first-order valence-electron chi connectivity index (χ1n) is 9.08. The predicted molar refractivity (Wildman–Crippen MR) is 109 cm³/mol. The summed E-state index contributed by atoms with van der Waals surface area (Å²) in [5.41, 5.74) is 1.13. The first-order valence-corrected chi connectivity index (χ1v) is 10.3. The Hall–Kier alpha value is -2.87. The fourth-order valence-electron chi connectivity index (χ4n) is 2.99. The molecule has 0 bridgehead atoms. The standard InChI is InChI=1S/C21H21FN2O4S/c1-13(20(26)23-16-8-6-15(22)7-9-16)28-21(27)14-10-19(25)24(12-14)17-4-3-5-18(11-17)29-2/h3-9,11,13-14H,10,12H2,1-2H3,(H,23,26)/t13-,14-/m1/s1. The van der Waals surface area contributed by atoms with Gasteiger partial charge in [-0.25, -0.2) is 4.39 Å². The zero-order valence-corrected chi connectivity index (χ0v) is 16.9. The minimum atomic E-state index is -1.04. The van der Waals surface area contributed by atoms with Crippen molar-refractivity contribution in [3.63, 3.8) is 0 Å². The van der Waals surface area contributed by atoms with Crippen molar-refractivity contribution in [3.8, 4) is 0 Å². The molecule has 3 rings (SSSR count). The van der Waals surface area contributed by atoms with Gasteiger partial charge in [0, 0.05) is 29.2 Å². The highest BCUT2D eigenvalue weighted by molar-refractivity contribution is 7.98. The largest absolute Gasteiger partial charge is 0.452 e. The number of benzene rings is 2. The normalized spacial score (nSPS) is 17.1. The van der Waals surface area contributed by atoms with E-state index in [9.17, 15) is 18.8 Å². The maximum absolute atomic E-state index is 12.9. The number of carbonyl (C=O) groups excluding carboxylic acids is 3. The van der Waals surface area contributed by atoms with Crippen molar-refractivity contribution in [1.29, 1.82) is 0 Å². The molecule has 29 heavy (non-hydrogen) atoms. The quantitative estimate of drug-likeness (QED) is 0.577. The zero-order valence-electron chi connectivity index (χ0n) is 16.1. The van der Waals surface area contributed by atoms with E-state index >= 15 is 0 Å². The van der Waals surface area contributed by atoms with Crippen molar-refractivity contribution < 1.29 is 23.5 Å². The summed E-state index contributed by atoms with van der Waals surface area (Å²) in [4.78, 5) is 39.6. The number of anilines is 2. The second kappa shape index (κ2) is 9.09. The summed E-state index contributed by atoms with van der Waals surface area (Å²) in [6.07, 6.45) is 0.939. The molecule has 0 radical (unpaired) electrons. The summed E-state index contributed by atoms with van der Waals surface area (Å²) in [5.74, 6) is -2.33. The molecule has 152 valence electrons. The average molecular weight is 416 g/mol. The molecular formula is C21H21FN2O4S. The van der Waals surface area contributed by atoms with Gasteiger partial charge in [-0.2, -0.15) is 0 Å². The minimum absolute atomic E-state index is 0.0363. The average Bonchev–Trinajstić information content (AvgIpc) is 3.11. The zero-order chi connectivity index (χ0) is 21.0. The fourth-order valence-corrected chi connectivity index (χ4v) is 3.45. The van der Waals surface area contributed by atoms with Gasteiger partial charge in [0.1, 0.15) is 5.82 Å². The molecule has 2 atom stereocenters. The van der Waals surface area contributed by atoms with Crippen molar-refractivity contribution in [3.05, 3.63) is 54.3 Å². The number of hydrogen-bond acceptors (Lipinski definition) is 5. The molecule has 1 N–H and O–H groups in total. The van der Waals surface area contributed by atoms with Crippen LogP contribution in [0, 0.1) is 11.7 Å². The van der Waals surface area contributed by atoms with E-state index in [4.69, 9.17) is 4.74 Å². The summed E-state index contributed by atoms with van der Waals surface area (Å²) in [5, 5.41) is 2.56. The lowest BCUT2D eigenvalue weighted by Gasteiger charge is -2.18. The van der Waals surface area contributed by atoms with Crippen LogP contribution in [0.25, 0.3) is 0 Å². The molecule has 0 unspecified atom stereocenters. The van der Waals surface area contributed by atoms with Crippen LogP contribution in [0.4, 0.5) is 15.8 Å². The molecule has 1 heterocycles. The van der Waals surface area contributed by atoms with Gasteiger partial charge in [0.2, 0.25) is 5.91 Å². The Labute approximate surface area is 172 Å². The van der Waals surface area contributed by atoms with E-state index in [2.05, 4.69) is 5.32 Å². The summed E-state index contributed by atoms with van der Waals surface area (Å²) >= 11 is 1.57. The number of ether oxygens (including phenoxy) is 1. The van der Waals surface area contributed by atoms with Gasteiger partial charge >= 0.3 is 5.97 Å². The molecule has 6 nitrogen and oxygen atoms in total. The van der Waals surface area contributed by atoms with Crippen LogP contribution in [0.1, 0.15) is 13.3 Å². The number of amides is 2. The van der Waals surface area contributed by atoms with E-state index in [1.54, 1.807) is 16.7 Å². The fraction of sp³-hybridized carbons (Fsp3) is 0.286. The number of hydrogen-bond donors (Lipinski definition) is 1. The smallest absolute Gasteiger partial charge is 0.312 e. The van der Waals surface area contributed by atoms with Gasteiger partial charge < -0.3 is 15.0 Å². The number of nitrogens with zero attached hydrogens (tertiary/aromatic N) is 1. The van der Waals surface area contributed by atoms with Crippen LogP contribution >= 0.6 is 11.8 Å². The van der Waals surface area contributed by atoms with Crippen LogP contribution < -0.4 is 10.2 Å². The van der Waals surface area contributed by atoms with Gasteiger partial charge in [0.25, 0.3) is 5.91 Å². The number of carbonyl (C=O) groups is 3. The van der Waals surface area contributed by atoms with Crippen LogP contribution in [0.5, 0.6) is 0 Å². The monoisotopic (exact) mass is 416 g/mol. The van der Waals surface area contributed by atoms with Crippen molar-refractivity contribution in [1.82, 2.24) is 0 Å². The van der Waals surface area contributed by atoms with Gasteiger partial charge in [-0.05, 0) is 55.6 Å². The Kier molecular flexibility index (Phi) is 6.53. The molecule has 1 saturated heterocycles. The van der Waals surface area contributed by atoms with E-state index in [0.29, 0.717) is 5.69 Å². The first-order chi connectivity index (χ1) is 13.9. The highest BCUT2D eigenvalue weighted by Crippen LogP contribution is 2.29. The van der Waals surface area contributed by atoms with Crippen molar-refractivity contribution >= 4 is 40.9 Å². The third-order valence-electron chi connectivity index (χ3n) is 4.60. The van der Waals surface area contributed by atoms with E-state index in [1.807, 2.05) is 30.5 Å². The second-order valence-corrected chi connectivity index (χ2v) is 7.56. The number of rotatable bonds is 6. The molecule has 2 aromatic carbocycles. The lowest BCUT2D eigenvalue weighted by molar-refractivity contribution is -0.157. The van der Waals surface area contributed by atoms with Gasteiger partial charge in [0.15, 0.2) is 6.10 Å². The van der Waals surface area contributed by atoms with Crippen LogP contribution in [0.15, 0.2) is 53.4 Å². The number of nitrogens with one attached hydrogen (secondary N) is 1. The van der Waals surface area contributed by atoms with E-state index in [1.165, 1.54) is 31.2 Å². The molecule has 1 fully saturated rings. The highest BCUT2D eigenvalue weighted by Gasteiger charge is 2.37. The topological polar surface area (TPSA) is 75.7 Å². The van der Waals surface area contributed by atoms with Gasteiger partial charge in [-0.15, -0.1) is 11.8 Å². The maximum atomic E-state index is 12.9. The Morgan fingerprint density at radius 1 is 1.24 bits per heavy atom. The van der Waals surface area contributed by atoms with E-state index in [0.717, 1.165) is 10.6 Å². The summed E-state index contributed by atoms with van der Waals surface area (Å²) < 4.78 is 18.2. The Balaban J connectivity index is 1.58. The molecule has 1 aliphatic rings. The molecule has 0 aromatic heterocycles. The van der Waals surface area contributed by atoms with Crippen molar-refractivity contribution in [2.45, 2.75) is 24.3 Å². The maximum Gasteiger partial charge on any atom is 0.312 e. The molecule has 0 spiro atoms. The Morgan fingerprint density at radius 2 is 1.97 bits per heavy atom. The lowest BCUT2D eigenvalue weighted by atomic mass is 10.1. The molecule has 8 heteroatoms. The number of thioether (sulfide) groups is 1. The second-order valence-electron chi connectivity index (χ2n) is 6.68. The Bertz CT molecular complexity index is 919. The third kappa shape index (κ3) is 5.14. The van der Waals surface area contributed by atoms with E-state index in [-0.39, 0.29) is 18.9 Å². The molecule has 1 aliphatic heterocycles. The summed E-state index contributed by atoms with van der Waals surface area (Å²) in [7, 11) is 0. The van der Waals surface area contributed by atoms with Crippen LogP contribution in [0.2, 0.25) is 0 Å². The van der Waals surface area contributed by atoms with Crippen LogP contribution in [-0.2, 0) is 19.1 Å². The molecule has 0 saturated carbocycles. The van der Waals surface area contributed by atoms with E-state index < -0.39 is 29.7 Å². The molecule has 2 aromatic rings. The van der Waals surface area contributed by atoms with Gasteiger partial charge in [-0.3, -0.25) is 14.4 Å². The SMILES string of the molecule is CSc1cccc(N2C[C@H](C(=O)O[C@H](C)C(=O)Nc3ccc(F)cc3)CC2=O)c1. The lowest BCUT2D eigenvalue weighted by Crippen LogP contribution is -2.33. The molecular weight excluding hydrogens is 395 g/mol. The van der Waals surface area contributed by atoms with Crippen LogP contribution in [0.3, 0.4) is 0 Å². The highest BCUT2D eigenvalue weighted by atomic mass is 32.2. The minimum Gasteiger partial charge on any atom is -0.452 e. The summed E-state index contributed by atoms with van der Waals surface area (Å²) in [6, 6.07) is 12.8. The Morgan fingerprint density at radius 3 is 2.66 bits per heavy atom. The van der Waals surface area contributed by atoms with Gasteiger partial charge in [-0.1, -0.05) is 6.07 Å².